The van der Waals surface area contributed by atoms with Gasteiger partial charge in [0, 0.05) is 24.5 Å². The number of nitrogens with one attached hydrogen (secondary N) is 1. The molecule has 0 bridgehead atoms. The zero-order valence-electron chi connectivity index (χ0n) is 11.1. The first-order valence-electron chi connectivity index (χ1n) is 6.06. The molecule has 0 saturated heterocycles. The van der Waals surface area contributed by atoms with E-state index in [4.69, 9.17) is 10.3 Å². The molecule has 0 amide bonds. The third-order valence-electron chi connectivity index (χ3n) is 2.57. The monoisotopic (exact) mass is 266 g/mol. The Morgan fingerprint density at radius 1 is 1.74 bits per heavy atom. The van der Waals surface area contributed by atoms with Crippen molar-refractivity contribution in [1.82, 2.24) is 14.9 Å². The van der Waals surface area contributed by atoms with E-state index in [0.717, 1.165) is 18.7 Å². The van der Waals surface area contributed by atoms with E-state index in [-0.39, 0.29) is 6.54 Å². The number of aryl methyl sites for hydroxylation is 1. The van der Waals surface area contributed by atoms with Crippen LogP contribution in [0.4, 0.5) is 0 Å². The topological polar surface area (TPSA) is 105 Å². The zero-order chi connectivity index (χ0) is 14.1. The van der Waals surface area contributed by atoms with Crippen molar-refractivity contribution in [2.75, 3.05) is 20.2 Å². The Labute approximate surface area is 111 Å². The van der Waals surface area contributed by atoms with Crippen molar-refractivity contribution in [3.63, 3.8) is 0 Å². The molecule has 1 atom stereocenters. The summed E-state index contributed by atoms with van der Waals surface area (Å²) < 4.78 is 6.69. The van der Waals surface area contributed by atoms with Crippen LogP contribution >= 0.6 is 0 Å². The van der Waals surface area contributed by atoms with Crippen LogP contribution in [-0.2, 0) is 16.1 Å². The summed E-state index contributed by atoms with van der Waals surface area (Å²) in [6.45, 7) is 3.49. The zero-order valence-corrected chi connectivity index (χ0v) is 11.1. The van der Waals surface area contributed by atoms with Crippen molar-refractivity contribution in [1.29, 1.82) is 0 Å². The fourth-order valence-corrected chi connectivity index (χ4v) is 1.73. The highest BCUT2D eigenvalue weighted by Crippen LogP contribution is 2.14. The first-order chi connectivity index (χ1) is 9.24. The number of aromatic nitrogens is 2. The molecule has 8 heteroatoms. The fourth-order valence-electron chi connectivity index (χ4n) is 1.73. The van der Waals surface area contributed by atoms with Gasteiger partial charge in [0.05, 0.1) is 25.3 Å². The van der Waals surface area contributed by atoms with Crippen LogP contribution in [0.5, 0.6) is 0 Å². The Balaban J connectivity index is 2.80. The Kier molecular flexibility index (Phi) is 6.42. The van der Waals surface area contributed by atoms with E-state index in [1.54, 1.807) is 12.5 Å². The summed E-state index contributed by atoms with van der Waals surface area (Å²) in [5.74, 6) is -0.390. The van der Waals surface area contributed by atoms with Crippen LogP contribution in [0.2, 0.25) is 0 Å². The molecule has 1 aromatic heterocycles. The molecular weight excluding hydrogens is 248 g/mol. The number of imidazole rings is 1. The average Bonchev–Trinajstić information content (AvgIpc) is 2.87. The molecule has 1 heterocycles. The standard InChI is InChI=1S/C11H18N6O2/c1-3-6-17-8-13-7-9(17)10(11(18)19-2)14-4-5-15-16-12/h7-8,10,14H,3-6H2,1-2H3. The highest BCUT2D eigenvalue weighted by atomic mass is 16.5. The second-order valence-corrected chi connectivity index (χ2v) is 3.88. The second kappa shape index (κ2) is 8.12. The normalized spacial score (nSPS) is 11.7. The molecule has 8 nitrogen and oxygen atoms in total. The number of carbonyl (C=O) groups is 1. The van der Waals surface area contributed by atoms with Gasteiger partial charge < -0.3 is 9.30 Å². The minimum absolute atomic E-state index is 0.270. The van der Waals surface area contributed by atoms with E-state index in [1.807, 2.05) is 11.5 Å². The smallest absolute Gasteiger partial charge is 0.329 e. The molecule has 1 aromatic rings. The van der Waals surface area contributed by atoms with E-state index in [0.29, 0.717) is 6.54 Å². The quantitative estimate of drug-likeness (QED) is 0.252. The summed E-state index contributed by atoms with van der Waals surface area (Å²) in [5.41, 5.74) is 8.95. The Hall–Kier alpha value is -2.05. The summed E-state index contributed by atoms with van der Waals surface area (Å²) in [7, 11) is 1.34. The van der Waals surface area contributed by atoms with Crippen LogP contribution in [0.1, 0.15) is 25.1 Å². The van der Waals surface area contributed by atoms with Crippen molar-refractivity contribution < 1.29 is 9.53 Å². The third-order valence-corrected chi connectivity index (χ3v) is 2.57. The first kappa shape index (κ1) is 15.0. The summed E-state index contributed by atoms with van der Waals surface area (Å²) in [6, 6.07) is -0.604. The maximum absolute atomic E-state index is 11.8. The number of ether oxygens (including phenoxy) is 1. The van der Waals surface area contributed by atoms with Gasteiger partial charge in [-0.15, -0.1) is 0 Å². The Bertz CT molecular complexity index is 452. The minimum atomic E-state index is -0.604. The summed E-state index contributed by atoms with van der Waals surface area (Å²) in [4.78, 5) is 18.5. The number of esters is 1. The highest BCUT2D eigenvalue weighted by molar-refractivity contribution is 5.76. The molecule has 0 aliphatic rings. The van der Waals surface area contributed by atoms with Gasteiger partial charge in [-0.25, -0.2) is 9.78 Å². The maximum Gasteiger partial charge on any atom is 0.329 e. The number of rotatable bonds is 8. The summed E-state index contributed by atoms with van der Waals surface area (Å²) in [6.07, 6.45) is 4.26. The predicted octanol–water partition coefficient (Wildman–Crippen LogP) is 1.41. The lowest BCUT2D eigenvalue weighted by Gasteiger charge is -2.17. The van der Waals surface area contributed by atoms with Crippen molar-refractivity contribution in [3.8, 4) is 0 Å². The Morgan fingerprint density at radius 2 is 2.53 bits per heavy atom. The molecule has 0 fully saturated rings. The van der Waals surface area contributed by atoms with Crippen LogP contribution in [-0.4, -0.2) is 35.7 Å². The van der Waals surface area contributed by atoms with Gasteiger partial charge in [-0.3, -0.25) is 5.32 Å². The highest BCUT2D eigenvalue weighted by Gasteiger charge is 2.23. The van der Waals surface area contributed by atoms with Crippen molar-refractivity contribution >= 4 is 5.97 Å². The fraction of sp³-hybridized carbons (Fsp3) is 0.636. The number of nitrogens with zero attached hydrogens (tertiary/aromatic N) is 5. The molecular formula is C11H18N6O2. The summed E-state index contributed by atoms with van der Waals surface area (Å²) >= 11 is 0. The number of methoxy groups -OCH3 is 1. The van der Waals surface area contributed by atoms with Crippen molar-refractivity contribution in [3.05, 3.63) is 28.7 Å². The molecule has 19 heavy (non-hydrogen) atoms. The van der Waals surface area contributed by atoms with Crippen LogP contribution in [0.25, 0.3) is 10.4 Å². The van der Waals surface area contributed by atoms with Crippen molar-refractivity contribution in [2.45, 2.75) is 25.9 Å². The molecule has 1 N–H and O–H groups in total. The summed E-state index contributed by atoms with van der Waals surface area (Å²) in [5, 5.41) is 6.42. The lowest BCUT2D eigenvalue weighted by Crippen LogP contribution is -2.33. The Morgan fingerprint density at radius 3 is 3.16 bits per heavy atom. The number of azide groups is 1. The van der Waals surface area contributed by atoms with Gasteiger partial charge in [0.25, 0.3) is 0 Å². The van der Waals surface area contributed by atoms with Gasteiger partial charge in [-0.05, 0) is 12.0 Å². The molecule has 0 aliphatic carbocycles. The molecule has 1 unspecified atom stereocenters. The van der Waals surface area contributed by atoms with Crippen LogP contribution in [0.15, 0.2) is 17.6 Å². The molecule has 0 aromatic carbocycles. The van der Waals surface area contributed by atoms with E-state index in [9.17, 15) is 4.79 Å². The second-order valence-electron chi connectivity index (χ2n) is 3.88. The average molecular weight is 266 g/mol. The SMILES string of the molecule is CCCn1cncc1C(NCCN=[N+]=[N-])C(=O)OC. The third kappa shape index (κ3) is 4.27. The lowest BCUT2D eigenvalue weighted by molar-refractivity contribution is -0.143. The first-order valence-corrected chi connectivity index (χ1v) is 6.06. The van der Waals surface area contributed by atoms with Crippen molar-refractivity contribution in [2.24, 2.45) is 5.11 Å². The van der Waals surface area contributed by atoms with E-state index in [2.05, 4.69) is 20.3 Å². The largest absolute Gasteiger partial charge is 0.468 e. The van der Waals surface area contributed by atoms with Crippen LogP contribution in [0, 0.1) is 0 Å². The van der Waals surface area contributed by atoms with Gasteiger partial charge >= 0.3 is 5.97 Å². The van der Waals surface area contributed by atoms with Gasteiger partial charge in [-0.2, -0.15) is 0 Å². The maximum atomic E-state index is 11.8. The van der Waals surface area contributed by atoms with Gasteiger partial charge in [0.1, 0.15) is 6.04 Å². The van der Waals surface area contributed by atoms with Gasteiger partial charge in [0.2, 0.25) is 0 Å². The lowest BCUT2D eigenvalue weighted by atomic mass is 10.2. The van der Waals surface area contributed by atoms with E-state index in [1.165, 1.54) is 7.11 Å². The van der Waals surface area contributed by atoms with Crippen LogP contribution < -0.4 is 5.32 Å². The van der Waals surface area contributed by atoms with Crippen LogP contribution in [0.3, 0.4) is 0 Å². The predicted molar refractivity (Wildman–Crippen MR) is 69.3 cm³/mol. The molecule has 1 rings (SSSR count). The molecule has 0 radical (unpaired) electrons. The molecule has 0 saturated carbocycles. The van der Waals surface area contributed by atoms with E-state index < -0.39 is 12.0 Å². The number of carbonyl (C=O) groups excluding carboxylic acids is 1. The molecule has 0 aliphatic heterocycles. The number of hydrogen-bond acceptors (Lipinski definition) is 5. The van der Waals surface area contributed by atoms with Gasteiger partial charge in [0.15, 0.2) is 0 Å². The molecule has 104 valence electrons. The molecule has 0 spiro atoms. The van der Waals surface area contributed by atoms with E-state index >= 15 is 0 Å². The minimum Gasteiger partial charge on any atom is -0.468 e. The van der Waals surface area contributed by atoms with Gasteiger partial charge in [-0.1, -0.05) is 12.0 Å². The number of hydrogen-bond donors (Lipinski definition) is 1.